The number of hydrogen-bond acceptors (Lipinski definition) is 18. The third-order valence-electron chi connectivity index (χ3n) is 13.7. The van der Waals surface area contributed by atoms with Crippen LogP contribution < -0.4 is 52.6 Å². The maximum absolute atomic E-state index is 13.7. The van der Waals surface area contributed by atoms with Crippen LogP contribution in [0.2, 0.25) is 0 Å². The summed E-state index contributed by atoms with van der Waals surface area (Å²) in [7, 11) is 0. The molecule has 33 heteroatoms. The summed E-state index contributed by atoms with van der Waals surface area (Å²) in [5.74, 6) is -13.3. The van der Waals surface area contributed by atoms with Gasteiger partial charge in [0.25, 0.3) is 0 Å². The van der Waals surface area contributed by atoms with Gasteiger partial charge in [0.2, 0.25) is 29.5 Å². The summed E-state index contributed by atoms with van der Waals surface area (Å²) in [5.41, 5.74) is 0.322. The smallest absolute Gasteiger partial charge is 0.340 e. The van der Waals surface area contributed by atoms with Crippen LogP contribution in [0.3, 0.4) is 0 Å². The van der Waals surface area contributed by atoms with E-state index in [9.17, 15) is 98.1 Å². The van der Waals surface area contributed by atoms with E-state index < -0.39 is 165 Å². The Bertz CT molecular complexity index is 3160. The fourth-order valence-corrected chi connectivity index (χ4v) is 9.56. The third kappa shape index (κ3) is 21.0. The quantitative estimate of drug-likeness (QED) is 0.0220. The van der Waals surface area contributed by atoms with E-state index >= 15 is 0 Å². The van der Waals surface area contributed by atoms with E-state index in [1.165, 1.54) is 30.3 Å². The lowest BCUT2D eigenvalue weighted by Gasteiger charge is -2.36. The number of urea groups is 1. The second kappa shape index (κ2) is 33.0. The standard InChI is InChI=1S/C56H67N9O23S/c66-29-9-12-33-40(26-29)87-41-27-30(67)10-13-34(41)56(33)32-11-8-28(25-31(32)53(85)88-56)60-55(89)59-24-4-7-43(69)61-36(15-19-45(72)73)49(79)63-37(16-20-46(74)75)50(80)62-35(14-18-44(70)71)48(78)58-23-3-6-42(68)57-22-2-1-5-38(51(81)82)64-54(86)65-39(52(83)84)17-21-47(76)77/h8-13,25-27,35-39,66-67H,1-7,14-24H2,(H,57,68)(H,58,78)(H,61,69)(H,62,80)(H,63,79)(H,70,71)(H,72,73)(H,74,75)(H,76,77)(H,81,82)(H,83,84)(H2,59,60,89)(H2,64,65,86). The number of carboxylic acid groups (broad SMARTS) is 6. The molecule has 17 N–H and O–H groups in total. The zero-order chi connectivity index (χ0) is 65.5. The Balaban J connectivity index is 1.09. The molecule has 3 aromatic rings. The number of carboxylic acids is 6. The predicted molar refractivity (Wildman–Crippen MR) is 308 cm³/mol. The molecule has 5 atom stereocenters. The minimum Gasteiger partial charge on any atom is -0.508 e. The van der Waals surface area contributed by atoms with E-state index in [1.807, 2.05) is 5.32 Å². The number of esters is 1. The Morgan fingerprint density at radius 1 is 0.461 bits per heavy atom. The van der Waals surface area contributed by atoms with Gasteiger partial charge in [-0.25, -0.2) is 19.2 Å². The van der Waals surface area contributed by atoms with Gasteiger partial charge in [0.15, 0.2) is 10.7 Å². The molecule has 2 aliphatic rings. The highest BCUT2D eigenvalue weighted by Gasteiger charge is 2.54. The molecule has 0 saturated heterocycles. The molecule has 0 saturated carbocycles. The highest BCUT2D eigenvalue weighted by molar-refractivity contribution is 7.80. The summed E-state index contributed by atoms with van der Waals surface area (Å²) in [5, 5.41) is 98.4. The van der Waals surface area contributed by atoms with Crippen LogP contribution in [0.25, 0.3) is 0 Å². The highest BCUT2D eigenvalue weighted by Crippen LogP contribution is 2.57. The molecule has 0 radical (unpaired) electrons. The fourth-order valence-electron chi connectivity index (χ4n) is 9.34. The number of carbonyl (C=O) groups excluding carboxylic acids is 7. The average Bonchev–Trinajstić information content (AvgIpc) is 1.63. The van der Waals surface area contributed by atoms with E-state index in [-0.39, 0.29) is 98.3 Å². The summed E-state index contributed by atoms with van der Waals surface area (Å²) in [6, 6.07) is 4.40. The summed E-state index contributed by atoms with van der Waals surface area (Å²) in [6.45, 7) is -0.0424. The van der Waals surface area contributed by atoms with Gasteiger partial charge in [-0.3, -0.25) is 43.2 Å². The summed E-state index contributed by atoms with van der Waals surface area (Å²) < 4.78 is 12.1. The second-order valence-corrected chi connectivity index (χ2v) is 20.8. The van der Waals surface area contributed by atoms with Crippen molar-refractivity contribution in [1.82, 2.24) is 42.5 Å². The van der Waals surface area contributed by atoms with Gasteiger partial charge >= 0.3 is 47.8 Å². The SMILES string of the molecule is O=C(O)CCC(NC(=O)NC(CCCCNC(=O)CCCNC(=O)C(CCC(=O)O)NC(=O)C(CCC(=O)O)NC(=O)C(CCC(=O)O)NC(=O)CCCNC(=S)Nc1ccc2c(c1)C(=O)OC21c2ccc(O)cc2Oc2cc(O)ccc21)C(=O)O)C(=O)O. The van der Waals surface area contributed by atoms with Crippen molar-refractivity contribution in [1.29, 1.82) is 0 Å². The maximum atomic E-state index is 13.7. The monoisotopic (exact) mass is 1270 g/mol. The number of fused-ring (bicyclic) bond motifs is 6. The van der Waals surface area contributed by atoms with Gasteiger partial charge in [0.05, 0.1) is 5.56 Å². The van der Waals surface area contributed by atoms with Crippen LogP contribution in [0.15, 0.2) is 54.6 Å². The van der Waals surface area contributed by atoms with E-state index in [0.29, 0.717) is 22.4 Å². The van der Waals surface area contributed by atoms with E-state index in [4.69, 9.17) is 26.8 Å². The topological polar surface area (TPSA) is 510 Å². The Morgan fingerprint density at radius 3 is 1.43 bits per heavy atom. The minimum atomic E-state index is -1.72. The number of amides is 7. The molecule has 89 heavy (non-hydrogen) atoms. The summed E-state index contributed by atoms with van der Waals surface area (Å²) in [4.78, 5) is 161. The van der Waals surface area contributed by atoms with Crippen molar-refractivity contribution >= 4 is 100 Å². The second-order valence-electron chi connectivity index (χ2n) is 20.4. The van der Waals surface area contributed by atoms with Crippen LogP contribution in [-0.2, 0) is 63.1 Å². The van der Waals surface area contributed by atoms with Crippen LogP contribution in [0.5, 0.6) is 23.0 Å². The Kier molecular flexibility index (Phi) is 25.7. The van der Waals surface area contributed by atoms with Crippen molar-refractivity contribution < 1.29 is 113 Å². The number of aromatic hydroxyl groups is 2. The van der Waals surface area contributed by atoms with E-state index in [2.05, 4.69) is 42.5 Å². The van der Waals surface area contributed by atoms with E-state index in [0.717, 1.165) is 0 Å². The first kappa shape index (κ1) is 69.4. The van der Waals surface area contributed by atoms with Gasteiger partial charge in [-0.2, -0.15) is 0 Å². The van der Waals surface area contributed by atoms with Crippen molar-refractivity contribution in [2.24, 2.45) is 0 Å². The van der Waals surface area contributed by atoms with Crippen LogP contribution in [-0.4, -0.2) is 173 Å². The number of aliphatic carboxylic acids is 6. The molecular formula is C56H67N9O23S. The highest BCUT2D eigenvalue weighted by atomic mass is 32.1. The first-order chi connectivity index (χ1) is 42.2. The molecule has 3 aromatic carbocycles. The number of carbonyl (C=O) groups is 13. The molecular weight excluding hydrogens is 1200 g/mol. The summed E-state index contributed by atoms with van der Waals surface area (Å²) in [6.07, 6.45) is -4.62. The van der Waals surface area contributed by atoms with Crippen LogP contribution in [0.1, 0.15) is 123 Å². The number of rotatable bonds is 36. The number of hydrogen-bond donors (Lipinski definition) is 17. The van der Waals surface area contributed by atoms with Gasteiger partial charge in [0, 0.05) is 92.7 Å². The minimum absolute atomic E-state index is 0.0221. The number of nitrogens with one attached hydrogen (secondary N) is 9. The van der Waals surface area contributed by atoms with Gasteiger partial charge in [0.1, 0.15) is 53.2 Å². The molecule has 7 amide bonds. The van der Waals surface area contributed by atoms with Gasteiger partial charge < -0.3 is 98.2 Å². The molecule has 0 aromatic heterocycles. The molecule has 2 heterocycles. The van der Waals surface area contributed by atoms with Gasteiger partial charge in [-0.1, -0.05) is 6.07 Å². The van der Waals surface area contributed by atoms with Crippen molar-refractivity contribution in [2.75, 3.05) is 25.0 Å². The number of ether oxygens (including phenoxy) is 2. The number of unbranched alkanes of at least 4 members (excludes halogenated alkanes) is 1. The molecule has 480 valence electrons. The molecule has 5 rings (SSSR count). The number of benzene rings is 3. The number of anilines is 1. The molecule has 5 unspecified atom stereocenters. The molecule has 32 nitrogen and oxygen atoms in total. The molecule has 1 spiro atoms. The normalized spacial score (nSPS) is 13.9. The Morgan fingerprint density at radius 2 is 0.910 bits per heavy atom. The lowest BCUT2D eigenvalue weighted by atomic mass is 9.77. The van der Waals surface area contributed by atoms with Gasteiger partial charge in [-0.05, 0) is 106 Å². The third-order valence-corrected chi connectivity index (χ3v) is 14.0. The number of phenolic OH excluding ortho intramolecular Hbond substituents is 2. The van der Waals surface area contributed by atoms with Crippen LogP contribution in [0.4, 0.5) is 10.5 Å². The zero-order valence-corrected chi connectivity index (χ0v) is 48.2. The molecule has 2 aliphatic heterocycles. The largest absolute Gasteiger partial charge is 0.508 e. The van der Waals surface area contributed by atoms with Crippen molar-refractivity contribution in [3.8, 4) is 23.0 Å². The first-order valence-corrected chi connectivity index (χ1v) is 28.2. The van der Waals surface area contributed by atoms with Crippen molar-refractivity contribution in [3.05, 3.63) is 76.9 Å². The molecule has 0 fully saturated rings. The Labute approximate surface area is 510 Å². The number of phenols is 2. The lowest BCUT2D eigenvalue weighted by Crippen LogP contribution is -2.57. The van der Waals surface area contributed by atoms with Crippen molar-refractivity contribution in [3.63, 3.8) is 0 Å². The van der Waals surface area contributed by atoms with Gasteiger partial charge in [-0.15, -0.1) is 0 Å². The Hall–Kier alpha value is -10.3. The predicted octanol–water partition coefficient (Wildman–Crippen LogP) is 1.03. The lowest BCUT2D eigenvalue weighted by molar-refractivity contribution is -0.141. The zero-order valence-electron chi connectivity index (χ0n) is 47.4. The molecule has 0 aliphatic carbocycles. The molecule has 0 bridgehead atoms. The maximum Gasteiger partial charge on any atom is 0.340 e. The summed E-state index contributed by atoms with van der Waals surface area (Å²) >= 11 is 5.45. The average molecular weight is 1270 g/mol. The fraction of sp³-hybridized carbons (Fsp3) is 0.429. The van der Waals surface area contributed by atoms with Crippen LogP contribution in [0, 0.1) is 0 Å². The number of thiocarbonyl (C=S) groups is 1. The van der Waals surface area contributed by atoms with Crippen LogP contribution >= 0.6 is 12.2 Å². The van der Waals surface area contributed by atoms with E-state index in [1.54, 1.807) is 24.3 Å². The van der Waals surface area contributed by atoms with Crippen molar-refractivity contribution in [2.45, 2.75) is 132 Å². The first-order valence-electron chi connectivity index (χ1n) is 27.8.